The molecule has 1 aliphatic carbocycles. The van der Waals surface area contributed by atoms with Gasteiger partial charge in [0.2, 0.25) is 0 Å². The minimum Gasteiger partial charge on any atom is -0.321 e. The molecule has 0 heterocycles. The van der Waals surface area contributed by atoms with Crippen molar-refractivity contribution in [3.05, 3.63) is 71.3 Å². The number of rotatable bonds is 2. The molecule has 0 saturated heterocycles. The van der Waals surface area contributed by atoms with E-state index in [1.165, 1.54) is 11.1 Å². The number of hydrogen-bond donors (Lipinski definition) is 1. The second-order valence-electron chi connectivity index (χ2n) is 5.92. The molecular weight excluding hydrogens is 258 g/mol. The maximum atomic E-state index is 12.8. The van der Waals surface area contributed by atoms with Crippen LogP contribution in [0.2, 0.25) is 0 Å². The van der Waals surface area contributed by atoms with Gasteiger partial charge in [0, 0.05) is 0 Å². The minimum atomic E-state index is -0.353. The summed E-state index contributed by atoms with van der Waals surface area (Å²) in [5, 5.41) is 0. The zero-order valence-corrected chi connectivity index (χ0v) is 12.3. The number of ketones is 1. The SMILES string of the molecule is CC(c1ccccc1)C1C(=O)C(N)CCc2ccccc21. The topological polar surface area (TPSA) is 43.1 Å². The number of carbonyl (C=O) groups is 1. The van der Waals surface area contributed by atoms with Gasteiger partial charge in [-0.3, -0.25) is 4.79 Å². The summed E-state index contributed by atoms with van der Waals surface area (Å²) in [7, 11) is 0. The van der Waals surface area contributed by atoms with Crippen LogP contribution in [-0.2, 0) is 11.2 Å². The molecule has 2 aromatic carbocycles. The van der Waals surface area contributed by atoms with E-state index in [9.17, 15) is 4.79 Å². The number of benzene rings is 2. The first-order valence-electron chi connectivity index (χ1n) is 7.60. The van der Waals surface area contributed by atoms with E-state index < -0.39 is 0 Å². The van der Waals surface area contributed by atoms with Crippen LogP contribution in [0.5, 0.6) is 0 Å². The highest BCUT2D eigenvalue weighted by molar-refractivity contribution is 5.92. The summed E-state index contributed by atoms with van der Waals surface area (Å²) >= 11 is 0. The Balaban J connectivity index is 2.07. The molecule has 2 aromatic rings. The lowest BCUT2D eigenvalue weighted by Gasteiger charge is -2.25. The van der Waals surface area contributed by atoms with Gasteiger partial charge in [-0.25, -0.2) is 0 Å². The summed E-state index contributed by atoms with van der Waals surface area (Å²) in [5.41, 5.74) is 9.74. The zero-order valence-electron chi connectivity index (χ0n) is 12.3. The molecule has 108 valence electrons. The average molecular weight is 279 g/mol. The molecule has 2 heteroatoms. The monoisotopic (exact) mass is 279 g/mol. The van der Waals surface area contributed by atoms with E-state index in [2.05, 4.69) is 31.2 Å². The van der Waals surface area contributed by atoms with Crippen molar-refractivity contribution in [1.29, 1.82) is 0 Å². The van der Waals surface area contributed by atoms with Crippen molar-refractivity contribution in [2.45, 2.75) is 37.6 Å². The van der Waals surface area contributed by atoms with Gasteiger partial charge >= 0.3 is 0 Å². The fourth-order valence-corrected chi connectivity index (χ4v) is 3.37. The summed E-state index contributed by atoms with van der Waals surface area (Å²) in [6.07, 6.45) is 1.63. The van der Waals surface area contributed by atoms with Crippen molar-refractivity contribution in [2.24, 2.45) is 5.73 Å². The highest BCUT2D eigenvalue weighted by Gasteiger charge is 2.34. The van der Waals surface area contributed by atoms with Gasteiger partial charge in [-0.1, -0.05) is 61.5 Å². The van der Waals surface area contributed by atoms with Crippen LogP contribution in [0.25, 0.3) is 0 Å². The van der Waals surface area contributed by atoms with Crippen LogP contribution in [0, 0.1) is 0 Å². The van der Waals surface area contributed by atoms with Gasteiger partial charge in [0.25, 0.3) is 0 Å². The van der Waals surface area contributed by atoms with Crippen molar-refractivity contribution in [3.63, 3.8) is 0 Å². The maximum Gasteiger partial charge on any atom is 0.157 e. The molecule has 0 fully saturated rings. The highest BCUT2D eigenvalue weighted by Crippen LogP contribution is 2.38. The first-order valence-corrected chi connectivity index (χ1v) is 7.60. The number of Topliss-reactive ketones (excluding diaryl/α,β-unsaturated/α-hetero) is 1. The predicted octanol–water partition coefficient (Wildman–Crippen LogP) is 3.42. The van der Waals surface area contributed by atoms with Crippen LogP contribution < -0.4 is 5.73 Å². The van der Waals surface area contributed by atoms with Gasteiger partial charge in [-0.2, -0.15) is 0 Å². The fraction of sp³-hybridized carbons (Fsp3) is 0.316. The maximum absolute atomic E-state index is 12.8. The van der Waals surface area contributed by atoms with Crippen molar-refractivity contribution in [1.82, 2.24) is 0 Å². The van der Waals surface area contributed by atoms with Gasteiger partial charge in [-0.05, 0) is 35.4 Å². The van der Waals surface area contributed by atoms with Gasteiger partial charge in [0.1, 0.15) is 0 Å². The molecule has 0 amide bonds. The molecular formula is C19H21NO. The van der Waals surface area contributed by atoms with E-state index in [1.807, 2.05) is 30.3 Å². The standard InChI is InChI=1S/C19H21NO/c1-13(14-7-3-2-4-8-14)18-16-10-6-5-9-15(16)11-12-17(20)19(18)21/h2-10,13,17-18H,11-12,20H2,1H3. The van der Waals surface area contributed by atoms with E-state index in [0.29, 0.717) is 0 Å². The lowest BCUT2D eigenvalue weighted by molar-refractivity contribution is -0.122. The van der Waals surface area contributed by atoms with Crippen molar-refractivity contribution >= 4 is 5.78 Å². The Bertz CT molecular complexity index is 635. The van der Waals surface area contributed by atoms with Crippen LogP contribution >= 0.6 is 0 Å². The summed E-state index contributed by atoms with van der Waals surface area (Å²) in [6.45, 7) is 2.13. The lowest BCUT2D eigenvalue weighted by atomic mass is 9.78. The molecule has 0 saturated carbocycles. The van der Waals surface area contributed by atoms with Gasteiger partial charge < -0.3 is 5.73 Å². The molecule has 0 aromatic heterocycles. The zero-order chi connectivity index (χ0) is 14.8. The average Bonchev–Trinajstić information content (AvgIpc) is 2.65. The molecule has 2 N–H and O–H groups in total. The number of carbonyl (C=O) groups excluding carboxylic acids is 1. The van der Waals surface area contributed by atoms with E-state index in [4.69, 9.17) is 5.73 Å². The third-order valence-corrected chi connectivity index (χ3v) is 4.61. The molecule has 3 unspecified atom stereocenters. The summed E-state index contributed by atoms with van der Waals surface area (Å²) < 4.78 is 0. The van der Waals surface area contributed by atoms with Crippen molar-refractivity contribution < 1.29 is 4.79 Å². The van der Waals surface area contributed by atoms with E-state index >= 15 is 0 Å². The second kappa shape index (κ2) is 5.82. The van der Waals surface area contributed by atoms with Crippen LogP contribution in [0.15, 0.2) is 54.6 Å². The Morgan fingerprint density at radius 1 is 1.05 bits per heavy atom. The lowest BCUT2D eigenvalue weighted by Crippen LogP contribution is -2.35. The van der Waals surface area contributed by atoms with Crippen LogP contribution in [0.4, 0.5) is 0 Å². The van der Waals surface area contributed by atoms with E-state index in [0.717, 1.165) is 18.4 Å². The molecule has 0 aliphatic heterocycles. The first kappa shape index (κ1) is 14.0. The first-order chi connectivity index (χ1) is 10.2. The summed E-state index contributed by atoms with van der Waals surface area (Å²) in [4.78, 5) is 12.8. The predicted molar refractivity (Wildman–Crippen MR) is 85.3 cm³/mol. The number of aryl methyl sites for hydroxylation is 1. The van der Waals surface area contributed by atoms with Crippen LogP contribution in [-0.4, -0.2) is 11.8 Å². The molecule has 1 aliphatic rings. The number of hydrogen-bond acceptors (Lipinski definition) is 2. The third-order valence-electron chi connectivity index (χ3n) is 4.61. The smallest absolute Gasteiger partial charge is 0.157 e. The van der Waals surface area contributed by atoms with Crippen molar-refractivity contribution in [2.75, 3.05) is 0 Å². The molecule has 3 rings (SSSR count). The Labute approximate surface area is 126 Å². The highest BCUT2D eigenvalue weighted by atomic mass is 16.1. The quantitative estimate of drug-likeness (QED) is 0.856. The minimum absolute atomic E-state index is 0.138. The Kier molecular flexibility index (Phi) is 3.89. The second-order valence-corrected chi connectivity index (χ2v) is 5.92. The molecule has 3 atom stereocenters. The van der Waals surface area contributed by atoms with Crippen molar-refractivity contribution in [3.8, 4) is 0 Å². The molecule has 21 heavy (non-hydrogen) atoms. The Hall–Kier alpha value is -1.93. The van der Waals surface area contributed by atoms with Crippen LogP contribution in [0.1, 0.15) is 41.9 Å². The van der Waals surface area contributed by atoms with Gasteiger partial charge in [0.05, 0.1) is 12.0 Å². The van der Waals surface area contributed by atoms with E-state index in [1.54, 1.807) is 0 Å². The Morgan fingerprint density at radius 3 is 2.48 bits per heavy atom. The van der Waals surface area contributed by atoms with Gasteiger partial charge in [0.15, 0.2) is 5.78 Å². The molecule has 2 nitrogen and oxygen atoms in total. The third kappa shape index (κ3) is 2.64. The molecule has 0 bridgehead atoms. The van der Waals surface area contributed by atoms with Crippen LogP contribution in [0.3, 0.4) is 0 Å². The Morgan fingerprint density at radius 2 is 1.71 bits per heavy atom. The van der Waals surface area contributed by atoms with Gasteiger partial charge in [-0.15, -0.1) is 0 Å². The fourth-order valence-electron chi connectivity index (χ4n) is 3.37. The summed E-state index contributed by atoms with van der Waals surface area (Å²) in [5.74, 6) is 0.182. The summed E-state index contributed by atoms with van der Waals surface area (Å²) in [6, 6.07) is 18.2. The molecule has 0 radical (unpaired) electrons. The molecule has 0 spiro atoms. The number of nitrogens with two attached hydrogens (primary N) is 1. The normalized spacial score (nSPS) is 23.2. The largest absolute Gasteiger partial charge is 0.321 e. The van der Waals surface area contributed by atoms with E-state index in [-0.39, 0.29) is 23.7 Å². The number of fused-ring (bicyclic) bond motifs is 1.